The average molecular weight is 871 g/mol. The van der Waals surface area contributed by atoms with E-state index in [1.54, 1.807) is 0 Å². The first-order valence-corrected chi connectivity index (χ1v) is 24.5. The number of aliphatic hydroxyl groups is 7. The summed E-state index contributed by atoms with van der Waals surface area (Å²) in [4.78, 5) is 35.7. The van der Waals surface area contributed by atoms with Gasteiger partial charge in [0.05, 0.1) is 18.8 Å². The number of carbonyl (C=O) groups excluding carboxylic acids is 2. The summed E-state index contributed by atoms with van der Waals surface area (Å²) in [5, 5.41) is 70.4. The van der Waals surface area contributed by atoms with Crippen LogP contribution in [0.3, 0.4) is 0 Å². The Hall–Kier alpha value is -1.23. The molecule has 1 aliphatic carbocycles. The van der Waals surface area contributed by atoms with Crippen molar-refractivity contribution in [2.24, 2.45) is 0 Å². The van der Waals surface area contributed by atoms with E-state index in [9.17, 15) is 54.8 Å². The van der Waals surface area contributed by atoms with Gasteiger partial charge in [0, 0.05) is 12.8 Å². The lowest BCUT2D eigenvalue weighted by molar-refractivity contribution is -0.220. The number of rotatable bonds is 38. The first-order chi connectivity index (χ1) is 28.2. The second kappa shape index (κ2) is 34.3. The van der Waals surface area contributed by atoms with Crippen molar-refractivity contribution >= 4 is 19.8 Å². The van der Waals surface area contributed by atoms with Crippen molar-refractivity contribution in [1.82, 2.24) is 0 Å². The lowest BCUT2D eigenvalue weighted by Crippen LogP contribution is -2.64. The molecule has 0 radical (unpaired) electrons. The molecule has 15 nitrogen and oxygen atoms in total. The molecule has 0 aromatic rings. The van der Waals surface area contributed by atoms with E-state index in [1.165, 1.54) is 57.8 Å². The molecule has 0 aromatic heterocycles. The van der Waals surface area contributed by atoms with E-state index >= 15 is 0 Å². The lowest BCUT2D eigenvalue weighted by Gasteiger charge is -2.41. The van der Waals surface area contributed by atoms with Gasteiger partial charge >= 0.3 is 19.8 Å². The van der Waals surface area contributed by atoms with Gasteiger partial charge in [0.1, 0.15) is 43.2 Å². The highest BCUT2D eigenvalue weighted by Crippen LogP contribution is 2.47. The normalized spacial score (nSPS) is 23.4. The first kappa shape index (κ1) is 55.8. The van der Waals surface area contributed by atoms with Crippen LogP contribution >= 0.6 is 7.82 Å². The number of hydrogen-bond acceptors (Lipinski definition) is 14. The summed E-state index contributed by atoms with van der Waals surface area (Å²) in [6, 6.07) is 0. The third-order valence-electron chi connectivity index (χ3n) is 11.1. The van der Waals surface area contributed by atoms with Gasteiger partial charge in [-0.3, -0.25) is 18.6 Å². The molecule has 8 unspecified atom stereocenters. The predicted molar refractivity (Wildman–Crippen MR) is 224 cm³/mol. The highest BCUT2D eigenvalue weighted by atomic mass is 31.2. The molecule has 8 atom stereocenters. The van der Waals surface area contributed by atoms with Crippen LogP contribution in [-0.2, 0) is 32.7 Å². The Morgan fingerprint density at radius 1 is 0.508 bits per heavy atom. The van der Waals surface area contributed by atoms with Gasteiger partial charge in [0.15, 0.2) is 6.10 Å². The van der Waals surface area contributed by atoms with Gasteiger partial charge in [-0.2, -0.15) is 0 Å². The Bertz CT molecular complexity index is 1080. The lowest BCUT2D eigenvalue weighted by atomic mass is 9.85. The molecular formula is C43H83O15P. The summed E-state index contributed by atoms with van der Waals surface area (Å²) >= 11 is 0. The highest BCUT2D eigenvalue weighted by molar-refractivity contribution is 7.47. The SMILES string of the molecule is CCCCCCCCCCCCCCCC(=O)OCC(COP(=O)(O)OC1C(O)C(O)C(O)C(O)C1O)OC(=O)CCCCCCCCCC(O)C(O)CCCCCC. The third-order valence-corrected chi connectivity index (χ3v) is 12.1. The molecule has 1 saturated carbocycles. The molecule has 0 heterocycles. The number of ether oxygens (including phenoxy) is 2. The van der Waals surface area contributed by atoms with E-state index in [2.05, 4.69) is 13.8 Å². The zero-order chi connectivity index (χ0) is 43.9. The number of unbranched alkanes of at least 4 members (excludes halogenated alkanes) is 21. The molecule has 1 rings (SSSR count). The van der Waals surface area contributed by atoms with Crippen LogP contribution in [0.2, 0.25) is 0 Å². The molecule has 0 bridgehead atoms. The van der Waals surface area contributed by atoms with Crippen LogP contribution in [0.15, 0.2) is 0 Å². The molecular weight excluding hydrogens is 787 g/mol. The summed E-state index contributed by atoms with van der Waals surface area (Å²) in [5.74, 6) is -1.17. The maximum Gasteiger partial charge on any atom is 0.472 e. The maximum absolute atomic E-state index is 12.8. The minimum Gasteiger partial charge on any atom is -0.462 e. The fraction of sp³-hybridized carbons (Fsp3) is 0.953. The Morgan fingerprint density at radius 3 is 1.31 bits per heavy atom. The van der Waals surface area contributed by atoms with E-state index in [0.717, 1.165) is 83.5 Å². The van der Waals surface area contributed by atoms with Crippen molar-refractivity contribution in [2.75, 3.05) is 13.2 Å². The van der Waals surface area contributed by atoms with Gasteiger partial charge in [0.25, 0.3) is 0 Å². The number of hydrogen-bond donors (Lipinski definition) is 8. The molecule has 16 heteroatoms. The van der Waals surface area contributed by atoms with Crippen LogP contribution in [0.25, 0.3) is 0 Å². The average Bonchev–Trinajstić information content (AvgIpc) is 3.21. The molecule has 59 heavy (non-hydrogen) atoms. The smallest absolute Gasteiger partial charge is 0.462 e. The zero-order valence-electron chi connectivity index (χ0n) is 36.3. The monoisotopic (exact) mass is 871 g/mol. The molecule has 0 amide bonds. The number of phosphoric acid groups is 1. The molecule has 350 valence electrons. The quantitative estimate of drug-likeness (QED) is 0.0189. The maximum atomic E-state index is 12.8. The van der Waals surface area contributed by atoms with Crippen LogP contribution < -0.4 is 0 Å². The van der Waals surface area contributed by atoms with E-state index in [0.29, 0.717) is 25.7 Å². The Kier molecular flexibility index (Phi) is 32.4. The highest BCUT2D eigenvalue weighted by Gasteiger charge is 2.51. The van der Waals surface area contributed by atoms with Crippen LogP contribution in [0.5, 0.6) is 0 Å². The van der Waals surface area contributed by atoms with Crippen molar-refractivity contribution in [3.05, 3.63) is 0 Å². The molecule has 0 aromatic carbocycles. The first-order valence-electron chi connectivity index (χ1n) is 23.0. The van der Waals surface area contributed by atoms with Crippen LogP contribution in [0.1, 0.15) is 194 Å². The summed E-state index contributed by atoms with van der Waals surface area (Å²) < 4.78 is 33.4. The van der Waals surface area contributed by atoms with Gasteiger partial charge in [-0.05, 0) is 25.7 Å². The molecule has 0 spiro atoms. The fourth-order valence-electron chi connectivity index (χ4n) is 7.26. The second-order valence-electron chi connectivity index (χ2n) is 16.6. The van der Waals surface area contributed by atoms with Crippen LogP contribution in [0.4, 0.5) is 0 Å². The molecule has 8 N–H and O–H groups in total. The van der Waals surface area contributed by atoms with E-state index in [1.807, 2.05) is 0 Å². The number of aliphatic hydroxyl groups excluding tert-OH is 7. The Morgan fingerprint density at radius 2 is 0.864 bits per heavy atom. The molecule has 0 saturated heterocycles. The van der Waals surface area contributed by atoms with Crippen molar-refractivity contribution in [3.8, 4) is 0 Å². The van der Waals surface area contributed by atoms with Gasteiger partial charge in [-0.15, -0.1) is 0 Å². The Balaban J connectivity index is 2.49. The summed E-state index contributed by atoms with van der Waals surface area (Å²) in [7, 11) is -5.14. The number of phosphoric ester groups is 1. The van der Waals surface area contributed by atoms with E-state index in [-0.39, 0.29) is 12.8 Å². The Labute approximate surface area is 354 Å². The molecule has 0 aliphatic heterocycles. The van der Waals surface area contributed by atoms with Crippen molar-refractivity contribution in [1.29, 1.82) is 0 Å². The van der Waals surface area contributed by atoms with E-state index < -0.39 is 87.9 Å². The minimum atomic E-state index is -5.14. The topological polar surface area (TPSA) is 250 Å². The number of esters is 2. The fourth-order valence-corrected chi connectivity index (χ4v) is 8.23. The molecule has 1 fully saturated rings. The van der Waals surface area contributed by atoms with Crippen LogP contribution in [-0.4, -0.2) is 121 Å². The third kappa shape index (κ3) is 26.8. The standard InChI is InChI=1S/C43H83O15P/c1-3-5-7-9-10-11-12-13-14-15-18-21-25-29-36(46)55-31-33(32-56-59(53,54)58-43-41(51)39(49)38(48)40(50)42(43)52)57-37(47)30-26-22-19-16-17-20-24-28-35(45)34(44)27-23-8-6-4-2/h33-35,38-45,48-52H,3-32H2,1-2H3,(H,53,54). The minimum absolute atomic E-state index is 0.0393. The largest absolute Gasteiger partial charge is 0.472 e. The summed E-state index contributed by atoms with van der Waals surface area (Å²) in [6.07, 6.45) is 11.8. The predicted octanol–water partition coefficient (Wildman–Crippen LogP) is 6.45. The van der Waals surface area contributed by atoms with Crippen LogP contribution in [0, 0.1) is 0 Å². The van der Waals surface area contributed by atoms with Crippen molar-refractivity contribution in [2.45, 2.75) is 249 Å². The van der Waals surface area contributed by atoms with Gasteiger partial charge in [-0.1, -0.05) is 155 Å². The number of carbonyl (C=O) groups is 2. The van der Waals surface area contributed by atoms with Crippen molar-refractivity contribution in [3.63, 3.8) is 0 Å². The van der Waals surface area contributed by atoms with Gasteiger partial charge < -0.3 is 50.1 Å². The van der Waals surface area contributed by atoms with E-state index in [4.69, 9.17) is 18.5 Å². The second-order valence-corrected chi connectivity index (χ2v) is 18.0. The summed E-state index contributed by atoms with van der Waals surface area (Å²) in [5.41, 5.74) is 0. The summed E-state index contributed by atoms with van der Waals surface area (Å²) in [6.45, 7) is 3.13. The molecule has 1 aliphatic rings. The zero-order valence-corrected chi connectivity index (χ0v) is 37.2. The van der Waals surface area contributed by atoms with Gasteiger partial charge in [-0.25, -0.2) is 4.57 Å². The van der Waals surface area contributed by atoms with Gasteiger partial charge in [0.2, 0.25) is 0 Å². The van der Waals surface area contributed by atoms with Crippen molar-refractivity contribution < 1.29 is 73.3 Å².